The molecule has 0 saturated carbocycles. The van der Waals surface area contributed by atoms with Crippen LogP contribution in [0.15, 0.2) is 0 Å². The Hall–Kier alpha value is -0.690. The number of nitrogens with zero attached hydrogens (tertiary/aromatic N) is 1. The fraction of sp³-hybridized carbons (Fsp3) is 0.933. The first-order valence-corrected chi connectivity index (χ1v) is 8.00. The van der Waals surface area contributed by atoms with Crippen LogP contribution in [0, 0.1) is 0 Å². The summed E-state index contributed by atoms with van der Waals surface area (Å²) in [5, 5.41) is 38.2. The van der Waals surface area contributed by atoms with Crippen LogP contribution in [0.5, 0.6) is 0 Å². The summed E-state index contributed by atoms with van der Waals surface area (Å²) in [7, 11) is 0. The number of carboxylic acid groups (broad SMARTS) is 1. The zero-order valence-electron chi connectivity index (χ0n) is 12.8. The molecule has 0 bridgehead atoms. The Labute approximate surface area is 126 Å². The molecule has 124 valence electrons. The van der Waals surface area contributed by atoms with Gasteiger partial charge in [-0.05, 0) is 13.0 Å². The molecule has 4 atom stereocenters. The van der Waals surface area contributed by atoms with E-state index in [-0.39, 0.29) is 6.61 Å². The van der Waals surface area contributed by atoms with Gasteiger partial charge < -0.3 is 20.4 Å². The predicted octanol–water partition coefficient (Wildman–Crippen LogP) is 0.589. The Balaban J connectivity index is 2.40. The lowest BCUT2D eigenvalue weighted by Gasteiger charge is -2.27. The zero-order chi connectivity index (χ0) is 15.8. The second kappa shape index (κ2) is 9.35. The highest BCUT2D eigenvalue weighted by molar-refractivity contribution is 5.75. The molecule has 1 aliphatic heterocycles. The molecule has 0 spiro atoms. The summed E-state index contributed by atoms with van der Waals surface area (Å²) in [5.41, 5.74) is 0. The third-order valence-electron chi connectivity index (χ3n) is 4.31. The van der Waals surface area contributed by atoms with Gasteiger partial charge in [-0.3, -0.25) is 9.69 Å². The van der Waals surface area contributed by atoms with E-state index in [1.807, 2.05) is 0 Å². The summed E-state index contributed by atoms with van der Waals surface area (Å²) in [5.74, 6) is -1.15. The number of aliphatic hydroxyl groups is 3. The van der Waals surface area contributed by atoms with Crippen molar-refractivity contribution in [2.75, 3.05) is 13.2 Å². The highest BCUT2D eigenvalue weighted by Crippen LogP contribution is 2.26. The number of carbonyl (C=O) groups is 1. The minimum absolute atomic E-state index is 0.349. The summed E-state index contributed by atoms with van der Waals surface area (Å²) in [6.45, 7) is 2.30. The van der Waals surface area contributed by atoms with Crippen LogP contribution in [0.25, 0.3) is 0 Å². The summed E-state index contributed by atoms with van der Waals surface area (Å²) < 4.78 is 0. The largest absolute Gasteiger partial charge is 0.480 e. The topological polar surface area (TPSA) is 101 Å². The van der Waals surface area contributed by atoms with E-state index >= 15 is 0 Å². The molecule has 6 nitrogen and oxygen atoms in total. The minimum Gasteiger partial charge on any atom is -0.480 e. The third kappa shape index (κ3) is 4.92. The molecule has 0 aromatic heterocycles. The van der Waals surface area contributed by atoms with Crippen LogP contribution < -0.4 is 0 Å². The van der Waals surface area contributed by atoms with E-state index in [2.05, 4.69) is 6.92 Å². The SMILES string of the molecule is CCCCCCCCCN1[C@@H](CO)[C@H](O)[C@@H](O)[C@@H]1C(=O)O. The van der Waals surface area contributed by atoms with Crippen LogP contribution in [0.4, 0.5) is 0 Å². The van der Waals surface area contributed by atoms with Gasteiger partial charge >= 0.3 is 5.97 Å². The van der Waals surface area contributed by atoms with Crippen molar-refractivity contribution in [2.24, 2.45) is 0 Å². The lowest BCUT2D eigenvalue weighted by atomic mass is 10.1. The van der Waals surface area contributed by atoms with Gasteiger partial charge in [-0.1, -0.05) is 45.4 Å². The number of aliphatic carboxylic acids is 1. The van der Waals surface area contributed by atoms with Crippen LogP contribution in [0.3, 0.4) is 0 Å². The zero-order valence-corrected chi connectivity index (χ0v) is 12.8. The first-order chi connectivity index (χ1) is 10.0. The Kier molecular flexibility index (Phi) is 8.18. The van der Waals surface area contributed by atoms with E-state index in [1.54, 1.807) is 0 Å². The molecule has 0 aromatic rings. The molecule has 21 heavy (non-hydrogen) atoms. The quantitative estimate of drug-likeness (QED) is 0.441. The molecular formula is C15H29NO5. The van der Waals surface area contributed by atoms with Crippen molar-refractivity contribution >= 4 is 5.97 Å². The molecule has 1 saturated heterocycles. The molecule has 4 N–H and O–H groups in total. The van der Waals surface area contributed by atoms with Gasteiger partial charge in [-0.25, -0.2) is 0 Å². The maximum atomic E-state index is 11.2. The Bertz CT molecular complexity index is 312. The number of rotatable bonds is 10. The second-order valence-electron chi connectivity index (χ2n) is 5.87. The number of unbranched alkanes of at least 4 members (excludes halogenated alkanes) is 6. The molecule has 6 heteroatoms. The third-order valence-corrected chi connectivity index (χ3v) is 4.31. The van der Waals surface area contributed by atoms with Crippen molar-refractivity contribution in [3.05, 3.63) is 0 Å². The number of aliphatic hydroxyl groups excluding tert-OH is 3. The molecule has 0 amide bonds. The molecule has 1 aliphatic rings. The minimum atomic E-state index is -1.34. The van der Waals surface area contributed by atoms with E-state index in [0.717, 1.165) is 19.3 Å². The van der Waals surface area contributed by atoms with Crippen molar-refractivity contribution in [3.8, 4) is 0 Å². The lowest BCUT2D eigenvalue weighted by molar-refractivity contribution is -0.146. The molecule has 1 fully saturated rings. The molecule has 0 aliphatic carbocycles. The average Bonchev–Trinajstić information content (AvgIpc) is 2.69. The molecule has 1 rings (SSSR count). The number of carboxylic acids is 1. The van der Waals surface area contributed by atoms with E-state index in [1.165, 1.54) is 30.6 Å². The van der Waals surface area contributed by atoms with Gasteiger partial charge in [0.15, 0.2) is 0 Å². The number of hydrogen-bond donors (Lipinski definition) is 4. The van der Waals surface area contributed by atoms with Gasteiger partial charge in [0.2, 0.25) is 0 Å². The molecule has 0 aromatic carbocycles. The summed E-state index contributed by atoms with van der Waals surface area (Å²) in [6, 6.07) is -1.82. The first kappa shape index (κ1) is 18.4. The van der Waals surface area contributed by atoms with Crippen molar-refractivity contribution in [2.45, 2.75) is 76.2 Å². The highest BCUT2D eigenvalue weighted by Gasteiger charge is 2.50. The van der Waals surface area contributed by atoms with Crippen LogP contribution in [0.2, 0.25) is 0 Å². The summed E-state index contributed by atoms with van der Waals surface area (Å²) in [6.07, 6.45) is 5.24. The number of hydrogen-bond acceptors (Lipinski definition) is 5. The first-order valence-electron chi connectivity index (χ1n) is 8.00. The van der Waals surface area contributed by atoms with Crippen LogP contribution in [-0.4, -0.2) is 68.7 Å². The monoisotopic (exact) mass is 303 g/mol. The Morgan fingerprint density at radius 3 is 2.10 bits per heavy atom. The van der Waals surface area contributed by atoms with Crippen molar-refractivity contribution in [1.29, 1.82) is 0 Å². The van der Waals surface area contributed by atoms with E-state index < -0.39 is 30.3 Å². The van der Waals surface area contributed by atoms with Crippen molar-refractivity contribution in [1.82, 2.24) is 4.90 Å². The fourth-order valence-electron chi connectivity index (χ4n) is 3.07. The molecule has 0 radical (unpaired) electrons. The van der Waals surface area contributed by atoms with Crippen molar-refractivity contribution in [3.63, 3.8) is 0 Å². The van der Waals surface area contributed by atoms with Gasteiger partial charge in [0.05, 0.1) is 18.8 Å². The van der Waals surface area contributed by atoms with Crippen LogP contribution >= 0.6 is 0 Å². The lowest BCUT2D eigenvalue weighted by Crippen LogP contribution is -2.45. The predicted molar refractivity (Wildman–Crippen MR) is 79.0 cm³/mol. The molecule has 0 unspecified atom stereocenters. The van der Waals surface area contributed by atoms with Gasteiger partial charge in [0, 0.05) is 0 Å². The highest BCUT2D eigenvalue weighted by atomic mass is 16.4. The normalized spacial score (nSPS) is 29.9. The van der Waals surface area contributed by atoms with E-state index in [4.69, 9.17) is 0 Å². The van der Waals surface area contributed by atoms with Crippen molar-refractivity contribution < 1.29 is 25.2 Å². The van der Waals surface area contributed by atoms with E-state index in [0.29, 0.717) is 6.54 Å². The van der Waals surface area contributed by atoms with Gasteiger partial charge in [0.1, 0.15) is 12.1 Å². The second-order valence-corrected chi connectivity index (χ2v) is 5.87. The Morgan fingerprint density at radius 1 is 1.00 bits per heavy atom. The summed E-state index contributed by atoms with van der Waals surface area (Å²) >= 11 is 0. The molecular weight excluding hydrogens is 274 g/mol. The fourth-order valence-corrected chi connectivity index (χ4v) is 3.07. The average molecular weight is 303 g/mol. The maximum absolute atomic E-state index is 11.2. The summed E-state index contributed by atoms with van der Waals surface area (Å²) in [4.78, 5) is 12.8. The van der Waals surface area contributed by atoms with Crippen LogP contribution in [0.1, 0.15) is 51.9 Å². The van der Waals surface area contributed by atoms with Gasteiger partial charge in [-0.15, -0.1) is 0 Å². The van der Waals surface area contributed by atoms with Crippen LogP contribution in [-0.2, 0) is 4.79 Å². The number of likely N-dealkylation sites (tertiary alicyclic amines) is 1. The molecule has 1 heterocycles. The maximum Gasteiger partial charge on any atom is 0.323 e. The Morgan fingerprint density at radius 2 is 1.57 bits per heavy atom. The smallest absolute Gasteiger partial charge is 0.323 e. The van der Waals surface area contributed by atoms with Gasteiger partial charge in [-0.2, -0.15) is 0 Å². The van der Waals surface area contributed by atoms with Gasteiger partial charge in [0.25, 0.3) is 0 Å². The van der Waals surface area contributed by atoms with E-state index in [9.17, 15) is 25.2 Å². The standard InChI is InChI=1S/C15H29NO5/c1-2-3-4-5-6-7-8-9-16-11(10-17)13(18)14(19)12(16)15(20)21/h11-14,17-19H,2-10H2,1H3,(H,20,21)/t11-,12+,13-,14-/m0/s1.